The van der Waals surface area contributed by atoms with Crippen LogP contribution in [-0.4, -0.2) is 24.7 Å². The molecule has 0 aliphatic heterocycles. The lowest BCUT2D eigenvalue weighted by Crippen LogP contribution is -2.15. The Bertz CT molecular complexity index is 557. The summed E-state index contributed by atoms with van der Waals surface area (Å²) in [5, 5.41) is 0. The molecule has 0 N–H and O–H groups in total. The number of pyridine rings is 1. The molecular weight excluding hydrogens is 258 g/mol. The number of methoxy groups -OCH3 is 1. The van der Waals surface area contributed by atoms with Gasteiger partial charge in [-0.2, -0.15) is 0 Å². The fourth-order valence-electron chi connectivity index (χ4n) is 1.55. The molecule has 0 atom stereocenters. The number of hydrogen-bond acceptors (Lipinski definition) is 5. The number of carbonyl (C=O) groups excluding carboxylic acids is 1. The topological polar surface area (TPSA) is 57.7 Å². The minimum Gasteiger partial charge on any atom is -0.493 e. The van der Waals surface area contributed by atoms with Crippen LogP contribution in [0.15, 0.2) is 48.7 Å². The quantitative estimate of drug-likeness (QED) is 0.755. The number of benzene rings is 1. The molecule has 0 bridgehead atoms. The molecule has 0 amide bonds. The second kappa shape index (κ2) is 7.13. The predicted octanol–water partition coefficient (Wildman–Crippen LogP) is 2.21. The summed E-state index contributed by atoms with van der Waals surface area (Å²) in [6.45, 7) is -0.0395. The van der Waals surface area contributed by atoms with Gasteiger partial charge >= 0.3 is 5.97 Å². The lowest BCUT2D eigenvalue weighted by Gasteiger charge is -2.09. The zero-order valence-electron chi connectivity index (χ0n) is 11.1. The molecule has 20 heavy (non-hydrogen) atoms. The van der Waals surface area contributed by atoms with Gasteiger partial charge in [-0.1, -0.05) is 18.2 Å². The highest BCUT2D eigenvalue weighted by molar-refractivity contribution is 5.71. The van der Waals surface area contributed by atoms with Crippen molar-refractivity contribution in [2.75, 3.05) is 13.7 Å². The van der Waals surface area contributed by atoms with E-state index in [1.54, 1.807) is 43.6 Å². The van der Waals surface area contributed by atoms with E-state index in [1.165, 1.54) is 0 Å². The summed E-state index contributed by atoms with van der Waals surface area (Å²) < 4.78 is 15.5. The van der Waals surface area contributed by atoms with E-state index in [-0.39, 0.29) is 13.2 Å². The SMILES string of the molecule is COc1ccccc1OCC(=O)OCc1ccccn1. The molecule has 104 valence electrons. The van der Waals surface area contributed by atoms with Crippen molar-refractivity contribution in [2.24, 2.45) is 0 Å². The first-order chi connectivity index (χ1) is 9.79. The van der Waals surface area contributed by atoms with Crippen molar-refractivity contribution in [1.29, 1.82) is 0 Å². The molecule has 1 heterocycles. The van der Waals surface area contributed by atoms with Crippen LogP contribution >= 0.6 is 0 Å². The molecule has 2 aromatic rings. The van der Waals surface area contributed by atoms with E-state index in [4.69, 9.17) is 14.2 Å². The maximum atomic E-state index is 11.6. The van der Waals surface area contributed by atoms with E-state index in [2.05, 4.69) is 4.98 Å². The van der Waals surface area contributed by atoms with Gasteiger partial charge in [-0.25, -0.2) is 4.79 Å². The van der Waals surface area contributed by atoms with Crippen LogP contribution in [-0.2, 0) is 16.1 Å². The highest BCUT2D eigenvalue weighted by atomic mass is 16.6. The van der Waals surface area contributed by atoms with Gasteiger partial charge in [0.25, 0.3) is 0 Å². The Labute approximate surface area is 117 Å². The second-order valence-corrected chi connectivity index (χ2v) is 3.92. The monoisotopic (exact) mass is 273 g/mol. The number of nitrogens with zero attached hydrogens (tertiary/aromatic N) is 1. The van der Waals surface area contributed by atoms with E-state index in [0.29, 0.717) is 17.2 Å². The van der Waals surface area contributed by atoms with Crippen LogP contribution in [0, 0.1) is 0 Å². The first-order valence-corrected chi connectivity index (χ1v) is 6.11. The van der Waals surface area contributed by atoms with Crippen molar-refractivity contribution in [1.82, 2.24) is 4.98 Å². The van der Waals surface area contributed by atoms with E-state index in [1.807, 2.05) is 12.1 Å². The van der Waals surface area contributed by atoms with E-state index < -0.39 is 5.97 Å². The number of hydrogen-bond donors (Lipinski definition) is 0. The van der Waals surface area contributed by atoms with Crippen molar-refractivity contribution >= 4 is 5.97 Å². The third-order valence-electron chi connectivity index (χ3n) is 2.52. The van der Waals surface area contributed by atoms with Crippen molar-refractivity contribution < 1.29 is 19.0 Å². The standard InChI is InChI=1S/C15H15NO4/c1-18-13-7-2-3-8-14(13)19-11-15(17)20-10-12-6-4-5-9-16-12/h2-9H,10-11H2,1H3. The Morgan fingerprint density at radius 3 is 2.55 bits per heavy atom. The summed E-state index contributed by atoms with van der Waals surface area (Å²) in [7, 11) is 1.54. The fraction of sp³-hybridized carbons (Fsp3) is 0.200. The van der Waals surface area contributed by atoms with Crippen LogP contribution < -0.4 is 9.47 Å². The van der Waals surface area contributed by atoms with Gasteiger partial charge in [-0.05, 0) is 24.3 Å². The molecule has 0 radical (unpaired) electrons. The molecule has 5 nitrogen and oxygen atoms in total. The number of esters is 1. The van der Waals surface area contributed by atoms with Gasteiger partial charge in [0.2, 0.25) is 0 Å². The van der Waals surface area contributed by atoms with Crippen molar-refractivity contribution in [3.63, 3.8) is 0 Å². The van der Waals surface area contributed by atoms with Crippen molar-refractivity contribution in [2.45, 2.75) is 6.61 Å². The summed E-state index contributed by atoms with van der Waals surface area (Å²) in [5.74, 6) is 0.622. The zero-order valence-corrected chi connectivity index (χ0v) is 11.1. The average Bonchev–Trinajstić information content (AvgIpc) is 2.52. The molecule has 0 aliphatic carbocycles. The smallest absolute Gasteiger partial charge is 0.344 e. The summed E-state index contributed by atoms with van der Waals surface area (Å²) in [6.07, 6.45) is 1.65. The van der Waals surface area contributed by atoms with Crippen LogP contribution in [0.2, 0.25) is 0 Å². The molecule has 0 fully saturated rings. The fourth-order valence-corrected chi connectivity index (χ4v) is 1.55. The van der Waals surface area contributed by atoms with Crippen LogP contribution in [0.5, 0.6) is 11.5 Å². The van der Waals surface area contributed by atoms with Gasteiger partial charge in [0.05, 0.1) is 12.8 Å². The van der Waals surface area contributed by atoms with Gasteiger partial charge in [0, 0.05) is 6.20 Å². The normalized spacial score (nSPS) is 9.85. The van der Waals surface area contributed by atoms with Crippen LogP contribution in [0.25, 0.3) is 0 Å². The van der Waals surface area contributed by atoms with Gasteiger partial charge in [-0.3, -0.25) is 4.98 Å². The van der Waals surface area contributed by atoms with Crippen molar-refractivity contribution in [3.8, 4) is 11.5 Å². The zero-order chi connectivity index (χ0) is 14.2. The van der Waals surface area contributed by atoms with Crippen LogP contribution in [0.1, 0.15) is 5.69 Å². The average molecular weight is 273 g/mol. The summed E-state index contributed by atoms with van der Waals surface area (Å²) in [6, 6.07) is 12.5. The maximum absolute atomic E-state index is 11.6. The Balaban J connectivity index is 1.80. The van der Waals surface area contributed by atoms with E-state index in [9.17, 15) is 4.79 Å². The predicted molar refractivity (Wildman–Crippen MR) is 72.5 cm³/mol. The lowest BCUT2D eigenvalue weighted by molar-refractivity contribution is -0.147. The molecule has 0 aliphatic rings. The molecule has 1 aromatic carbocycles. The van der Waals surface area contributed by atoms with Gasteiger partial charge < -0.3 is 14.2 Å². The van der Waals surface area contributed by atoms with E-state index in [0.717, 1.165) is 0 Å². The minimum atomic E-state index is -0.457. The molecule has 2 rings (SSSR count). The Kier molecular flexibility index (Phi) is 4.94. The summed E-state index contributed by atoms with van der Waals surface area (Å²) in [5.41, 5.74) is 0.693. The summed E-state index contributed by atoms with van der Waals surface area (Å²) in [4.78, 5) is 15.6. The van der Waals surface area contributed by atoms with Crippen LogP contribution in [0.3, 0.4) is 0 Å². The van der Waals surface area contributed by atoms with Crippen LogP contribution in [0.4, 0.5) is 0 Å². The maximum Gasteiger partial charge on any atom is 0.344 e. The first-order valence-electron chi connectivity index (χ1n) is 6.11. The molecular formula is C15H15NO4. The van der Waals surface area contributed by atoms with Crippen molar-refractivity contribution in [3.05, 3.63) is 54.4 Å². The van der Waals surface area contributed by atoms with Gasteiger partial charge in [0.15, 0.2) is 18.1 Å². The third-order valence-corrected chi connectivity index (χ3v) is 2.52. The third kappa shape index (κ3) is 3.98. The molecule has 0 unspecified atom stereocenters. The molecule has 0 saturated carbocycles. The molecule has 0 spiro atoms. The number of aromatic nitrogens is 1. The highest BCUT2D eigenvalue weighted by Gasteiger charge is 2.08. The Morgan fingerprint density at radius 1 is 1.10 bits per heavy atom. The largest absolute Gasteiger partial charge is 0.493 e. The lowest BCUT2D eigenvalue weighted by atomic mass is 10.3. The molecule has 1 aromatic heterocycles. The van der Waals surface area contributed by atoms with E-state index >= 15 is 0 Å². The Morgan fingerprint density at radius 2 is 1.85 bits per heavy atom. The number of carbonyl (C=O) groups is 1. The summed E-state index contributed by atoms with van der Waals surface area (Å²) >= 11 is 0. The molecule has 0 saturated heterocycles. The number of ether oxygens (including phenoxy) is 3. The highest BCUT2D eigenvalue weighted by Crippen LogP contribution is 2.25. The molecule has 5 heteroatoms. The Hall–Kier alpha value is -2.56. The minimum absolute atomic E-state index is 0.134. The van der Waals surface area contributed by atoms with Gasteiger partial charge in [-0.15, -0.1) is 0 Å². The van der Waals surface area contributed by atoms with Gasteiger partial charge in [0.1, 0.15) is 6.61 Å². The number of rotatable bonds is 6. The first kappa shape index (κ1) is 13.9. The number of para-hydroxylation sites is 2. The second-order valence-electron chi connectivity index (χ2n) is 3.92.